The highest BCUT2D eigenvalue weighted by atomic mass is 15.1. The standard InChI is InChI=1S/C12H28N2/c1-5-7-8-9-14(4)11-12(3,6-2)10-13/h5-11,13H2,1-4H3. The molecule has 0 radical (unpaired) electrons. The largest absolute Gasteiger partial charge is 0.330 e. The van der Waals surface area contributed by atoms with Gasteiger partial charge in [-0.2, -0.15) is 0 Å². The van der Waals surface area contributed by atoms with Gasteiger partial charge in [-0.05, 0) is 38.4 Å². The van der Waals surface area contributed by atoms with Gasteiger partial charge >= 0.3 is 0 Å². The highest BCUT2D eigenvalue weighted by Gasteiger charge is 2.21. The minimum atomic E-state index is 0.307. The van der Waals surface area contributed by atoms with Gasteiger partial charge in [0.1, 0.15) is 0 Å². The van der Waals surface area contributed by atoms with Crippen molar-refractivity contribution in [3.63, 3.8) is 0 Å². The summed E-state index contributed by atoms with van der Waals surface area (Å²) in [6.07, 6.45) is 5.13. The molecule has 2 N–H and O–H groups in total. The van der Waals surface area contributed by atoms with Crippen molar-refractivity contribution in [1.82, 2.24) is 4.90 Å². The Labute approximate surface area is 89.9 Å². The Hall–Kier alpha value is -0.0800. The molecular formula is C12H28N2. The maximum atomic E-state index is 5.79. The van der Waals surface area contributed by atoms with E-state index in [9.17, 15) is 0 Å². The first-order chi connectivity index (χ1) is 6.58. The summed E-state index contributed by atoms with van der Waals surface area (Å²) in [7, 11) is 2.21. The highest BCUT2D eigenvalue weighted by Crippen LogP contribution is 2.20. The SMILES string of the molecule is CCCCCN(C)CC(C)(CC)CN. The lowest BCUT2D eigenvalue weighted by molar-refractivity contribution is 0.190. The minimum Gasteiger partial charge on any atom is -0.330 e. The molecule has 0 bridgehead atoms. The van der Waals surface area contributed by atoms with Crippen LogP contribution in [0.25, 0.3) is 0 Å². The predicted molar refractivity (Wildman–Crippen MR) is 64.5 cm³/mol. The van der Waals surface area contributed by atoms with Crippen molar-refractivity contribution < 1.29 is 0 Å². The molecule has 86 valence electrons. The van der Waals surface area contributed by atoms with Crippen LogP contribution < -0.4 is 5.73 Å². The Balaban J connectivity index is 3.73. The topological polar surface area (TPSA) is 29.3 Å². The van der Waals surface area contributed by atoms with Crippen molar-refractivity contribution in [3.05, 3.63) is 0 Å². The van der Waals surface area contributed by atoms with Gasteiger partial charge in [-0.3, -0.25) is 0 Å². The van der Waals surface area contributed by atoms with Crippen LogP contribution >= 0.6 is 0 Å². The quantitative estimate of drug-likeness (QED) is 0.610. The summed E-state index contributed by atoms with van der Waals surface area (Å²) in [5.41, 5.74) is 6.10. The molecule has 0 saturated carbocycles. The van der Waals surface area contributed by atoms with Gasteiger partial charge < -0.3 is 10.6 Å². The van der Waals surface area contributed by atoms with Gasteiger partial charge in [0, 0.05) is 6.54 Å². The first kappa shape index (κ1) is 13.9. The number of unbranched alkanes of at least 4 members (excludes halogenated alkanes) is 2. The summed E-state index contributed by atoms with van der Waals surface area (Å²) in [5, 5.41) is 0. The zero-order chi connectivity index (χ0) is 11.0. The molecule has 0 spiro atoms. The third-order valence-electron chi connectivity index (χ3n) is 3.14. The average Bonchev–Trinajstić information content (AvgIpc) is 2.18. The van der Waals surface area contributed by atoms with Crippen molar-refractivity contribution >= 4 is 0 Å². The van der Waals surface area contributed by atoms with Crippen LogP contribution in [-0.4, -0.2) is 31.6 Å². The predicted octanol–water partition coefficient (Wildman–Crippen LogP) is 2.48. The summed E-state index contributed by atoms with van der Waals surface area (Å²) in [4.78, 5) is 2.42. The van der Waals surface area contributed by atoms with Crippen LogP contribution in [0, 0.1) is 5.41 Å². The zero-order valence-corrected chi connectivity index (χ0v) is 10.5. The normalized spacial score (nSPS) is 15.9. The summed E-state index contributed by atoms with van der Waals surface area (Å²) >= 11 is 0. The van der Waals surface area contributed by atoms with Gasteiger partial charge in [-0.1, -0.05) is 33.6 Å². The van der Waals surface area contributed by atoms with E-state index in [-0.39, 0.29) is 0 Å². The van der Waals surface area contributed by atoms with Gasteiger partial charge in [0.2, 0.25) is 0 Å². The van der Waals surface area contributed by atoms with Gasteiger partial charge in [0.05, 0.1) is 0 Å². The van der Waals surface area contributed by atoms with Crippen molar-refractivity contribution in [3.8, 4) is 0 Å². The van der Waals surface area contributed by atoms with Crippen LogP contribution in [-0.2, 0) is 0 Å². The highest BCUT2D eigenvalue weighted by molar-refractivity contribution is 4.76. The van der Waals surface area contributed by atoms with E-state index >= 15 is 0 Å². The third-order valence-corrected chi connectivity index (χ3v) is 3.14. The van der Waals surface area contributed by atoms with Gasteiger partial charge in [0.15, 0.2) is 0 Å². The van der Waals surface area contributed by atoms with E-state index in [0.29, 0.717) is 5.41 Å². The Morgan fingerprint density at radius 1 is 1.21 bits per heavy atom. The molecule has 0 rings (SSSR count). The van der Waals surface area contributed by atoms with E-state index in [1.54, 1.807) is 0 Å². The lowest BCUT2D eigenvalue weighted by Gasteiger charge is -2.31. The number of nitrogens with zero attached hydrogens (tertiary/aromatic N) is 1. The van der Waals surface area contributed by atoms with Crippen LogP contribution in [0.3, 0.4) is 0 Å². The Morgan fingerprint density at radius 2 is 1.86 bits per heavy atom. The molecule has 0 aliphatic carbocycles. The number of nitrogens with two attached hydrogens (primary N) is 1. The molecule has 14 heavy (non-hydrogen) atoms. The molecule has 0 fully saturated rings. The van der Waals surface area contributed by atoms with E-state index in [1.165, 1.54) is 32.2 Å². The minimum absolute atomic E-state index is 0.307. The number of hydrogen-bond acceptors (Lipinski definition) is 2. The summed E-state index contributed by atoms with van der Waals surface area (Å²) in [6.45, 7) is 9.89. The second-order valence-electron chi connectivity index (χ2n) is 4.81. The molecule has 1 atom stereocenters. The van der Waals surface area contributed by atoms with Gasteiger partial charge in [0.25, 0.3) is 0 Å². The summed E-state index contributed by atoms with van der Waals surface area (Å²) in [5.74, 6) is 0. The molecular weight excluding hydrogens is 172 g/mol. The van der Waals surface area contributed by atoms with Crippen LogP contribution in [0.2, 0.25) is 0 Å². The summed E-state index contributed by atoms with van der Waals surface area (Å²) in [6, 6.07) is 0. The lowest BCUT2D eigenvalue weighted by atomic mass is 9.87. The van der Waals surface area contributed by atoms with E-state index < -0.39 is 0 Å². The van der Waals surface area contributed by atoms with Crippen LogP contribution in [0.5, 0.6) is 0 Å². The first-order valence-electron chi connectivity index (χ1n) is 5.96. The molecule has 0 heterocycles. The fourth-order valence-electron chi connectivity index (χ4n) is 1.68. The van der Waals surface area contributed by atoms with Crippen LogP contribution in [0.1, 0.15) is 46.5 Å². The molecule has 0 saturated heterocycles. The van der Waals surface area contributed by atoms with Crippen LogP contribution in [0.4, 0.5) is 0 Å². The lowest BCUT2D eigenvalue weighted by Crippen LogP contribution is -2.38. The maximum Gasteiger partial charge on any atom is 0.00442 e. The van der Waals surface area contributed by atoms with E-state index in [4.69, 9.17) is 5.73 Å². The molecule has 0 aliphatic heterocycles. The smallest absolute Gasteiger partial charge is 0.00442 e. The number of rotatable bonds is 8. The molecule has 2 heteroatoms. The average molecular weight is 200 g/mol. The molecule has 0 aromatic rings. The van der Waals surface area contributed by atoms with Gasteiger partial charge in [-0.15, -0.1) is 0 Å². The molecule has 0 amide bonds. The zero-order valence-electron chi connectivity index (χ0n) is 10.5. The molecule has 0 aromatic carbocycles. The second-order valence-corrected chi connectivity index (χ2v) is 4.81. The maximum absolute atomic E-state index is 5.79. The Morgan fingerprint density at radius 3 is 2.29 bits per heavy atom. The van der Waals surface area contributed by atoms with Crippen molar-refractivity contribution in [2.24, 2.45) is 11.1 Å². The fourth-order valence-corrected chi connectivity index (χ4v) is 1.68. The summed E-state index contributed by atoms with van der Waals surface area (Å²) < 4.78 is 0. The van der Waals surface area contributed by atoms with Crippen molar-refractivity contribution in [1.29, 1.82) is 0 Å². The Kier molecular flexibility index (Phi) is 7.20. The third kappa shape index (κ3) is 5.61. The van der Waals surface area contributed by atoms with E-state index in [2.05, 4.69) is 32.7 Å². The molecule has 1 unspecified atom stereocenters. The van der Waals surface area contributed by atoms with Crippen molar-refractivity contribution in [2.45, 2.75) is 46.5 Å². The second kappa shape index (κ2) is 7.24. The first-order valence-corrected chi connectivity index (χ1v) is 5.96. The fraction of sp³-hybridized carbons (Fsp3) is 1.00. The molecule has 2 nitrogen and oxygen atoms in total. The van der Waals surface area contributed by atoms with E-state index in [1.807, 2.05) is 0 Å². The molecule has 0 aliphatic rings. The van der Waals surface area contributed by atoms with Crippen molar-refractivity contribution in [2.75, 3.05) is 26.7 Å². The molecule has 0 aromatic heterocycles. The number of hydrogen-bond donors (Lipinski definition) is 1. The van der Waals surface area contributed by atoms with E-state index in [0.717, 1.165) is 13.1 Å². The Bertz CT molecular complexity index is 130. The van der Waals surface area contributed by atoms with Crippen LogP contribution in [0.15, 0.2) is 0 Å². The monoisotopic (exact) mass is 200 g/mol. The van der Waals surface area contributed by atoms with Gasteiger partial charge in [-0.25, -0.2) is 0 Å².